The van der Waals surface area contributed by atoms with Gasteiger partial charge in [0, 0.05) is 18.7 Å². The number of fused-ring (bicyclic) bond motifs is 1. The van der Waals surface area contributed by atoms with Crippen LogP contribution in [0.3, 0.4) is 0 Å². The van der Waals surface area contributed by atoms with Crippen molar-refractivity contribution < 1.29 is 14.5 Å². The van der Waals surface area contributed by atoms with Gasteiger partial charge in [0.2, 0.25) is 5.95 Å². The number of esters is 1. The first-order valence-corrected chi connectivity index (χ1v) is 6.01. The molecule has 0 aliphatic rings. The molecule has 0 spiro atoms. The average molecular weight is 278 g/mol. The molecule has 1 N–H and O–H groups in total. The lowest BCUT2D eigenvalue weighted by Crippen LogP contribution is -2.31. The SMILES string of the molecule is CCN(CC(=O)OC)c1nc2ccc([N+](=O)[O-])cc2[nH]1. The van der Waals surface area contributed by atoms with Gasteiger partial charge in [-0.05, 0) is 13.0 Å². The third-order valence-corrected chi connectivity index (χ3v) is 2.89. The fourth-order valence-electron chi connectivity index (χ4n) is 1.80. The van der Waals surface area contributed by atoms with E-state index in [2.05, 4.69) is 14.7 Å². The number of carbonyl (C=O) groups is 1. The van der Waals surface area contributed by atoms with Crippen molar-refractivity contribution in [1.82, 2.24) is 9.97 Å². The maximum absolute atomic E-state index is 11.3. The van der Waals surface area contributed by atoms with Crippen molar-refractivity contribution in [1.29, 1.82) is 0 Å². The fraction of sp³-hybridized carbons (Fsp3) is 0.333. The van der Waals surface area contributed by atoms with Crippen molar-refractivity contribution in [2.75, 3.05) is 25.1 Å². The summed E-state index contributed by atoms with van der Waals surface area (Å²) in [6.07, 6.45) is 0. The number of imidazole rings is 1. The van der Waals surface area contributed by atoms with Gasteiger partial charge in [0.1, 0.15) is 6.54 Å². The number of rotatable bonds is 5. The van der Waals surface area contributed by atoms with Gasteiger partial charge in [0.05, 0.1) is 23.1 Å². The Morgan fingerprint density at radius 3 is 2.90 bits per heavy atom. The number of benzene rings is 1. The smallest absolute Gasteiger partial charge is 0.325 e. The van der Waals surface area contributed by atoms with Gasteiger partial charge >= 0.3 is 5.97 Å². The van der Waals surface area contributed by atoms with E-state index in [0.29, 0.717) is 23.5 Å². The number of aromatic nitrogens is 2. The number of nitrogens with one attached hydrogen (secondary N) is 1. The highest BCUT2D eigenvalue weighted by Crippen LogP contribution is 2.22. The Morgan fingerprint density at radius 1 is 1.55 bits per heavy atom. The standard InChI is InChI=1S/C12H14N4O4/c1-3-15(7-11(17)20-2)12-13-9-5-4-8(16(18)19)6-10(9)14-12/h4-6H,3,7H2,1-2H3,(H,13,14). The van der Waals surface area contributed by atoms with Crippen LogP contribution in [0, 0.1) is 10.1 Å². The third-order valence-electron chi connectivity index (χ3n) is 2.89. The number of nitrogens with zero attached hydrogens (tertiary/aromatic N) is 3. The maximum Gasteiger partial charge on any atom is 0.325 e. The monoisotopic (exact) mass is 278 g/mol. The highest BCUT2D eigenvalue weighted by Gasteiger charge is 2.15. The molecule has 0 fully saturated rings. The zero-order valence-electron chi connectivity index (χ0n) is 11.1. The zero-order chi connectivity index (χ0) is 14.7. The van der Waals surface area contributed by atoms with Crippen LogP contribution in [-0.4, -0.2) is 41.1 Å². The molecule has 0 radical (unpaired) electrons. The Bertz CT molecular complexity index is 652. The lowest BCUT2D eigenvalue weighted by molar-refractivity contribution is -0.384. The molecule has 0 saturated heterocycles. The van der Waals surface area contributed by atoms with E-state index in [1.807, 2.05) is 6.92 Å². The Kier molecular flexibility index (Phi) is 3.83. The third kappa shape index (κ3) is 2.68. The molecule has 0 atom stereocenters. The molecule has 0 saturated carbocycles. The van der Waals surface area contributed by atoms with Crippen LogP contribution in [0.5, 0.6) is 0 Å². The summed E-state index contributed by atoms with van der Waals surface area (Å²) in [5, 5.41) is 10.7. The predicted octanol–water partition coefficient (Wildman–Crippen LogP) is 1.47. The summed E-state index contributed by atoms with van der Waals surface area (Å²) in [6, 6.07) is 4.38. The Labute approximate surface area is 114 Å². The molecule has 8 nitrogen and oxygen atoms in total. The quantitative estimate of drug-likeness (QED) is 0.505. The van der Waals surface area contributed by atoms with Gasteiger partial charge in [-0.3, -0.25) is 14.9 Å². The van der Waals surface area contributed by atoms with Crippen LogP contribution in [0.15, 0.2) is 18.2 Å². The first-order chi connectivity index (χ1) is 9.55. The zero-order valence-corrected chi connectivity index (χ0v) is 11.1. The second-order valence-electron chi connectivity index (χ2n) is 4.11. The maximum atomic E-state index is 11.3. The topological polar surface area (TPSA) is 101 Å². The van der Waals surface area contributed by atoms with Crippen molar-refractivity contribution in [3.8, 4) is 0 Å². The number of aromatic amines is 1. The van der Waals surface area contributed by atoms with Gasteiger partial charge < -0.3 is 14.6 Å². The second-order valence-corrected chi connectivity index (χ2v) is 4.11. The van der Waals surface area contributed by atoms with Crippen LogP contribution in [0.25, 0.3) is 11.0 Å². The molecule has 0 aliphatic carbocycles. The minimum atomic E-state index is -0.466. The lowest BCUT2D eigenvalue weighted by atomic mass is 10.3. The molecular weight excluding hydrogens is 264 g/mol. The van der Waals surface area contributed by atoms with E-state index < -0.39 is 4.92 Å². The molecule has 20 heavy (non-hydrogen) atoms. The Balaban J connectivity index is 2.34. The summed E-state index contributed by atoms with van der Waals surface area (Å²) in [6.45, 7) is 2.49. The average Bonchev–Trinajstić information content (AvgIpc) is 2.86. The van der Waals surface area contributed by atoms with Gasteiger partial charge in [0.15, 0.2) is 0 Å². The number of nitro groups is 1. The van der Waals surface area contributed by atoms with Crippen LogP contribution in [0.4, 0.5) is 11.6 Å². The normalized spacial score (nSPS) is 10.5. The minimum Gasteiger partial charge on any atom is -0.468 e. The van der Waals surface area contributed by atoms with E-state index in [9.17, 15) is 14.9 Å². The summed E-state index contributed by atoms with van der Waals surface area (Å²) >= 11 is 0. The van der Waals surface area contributed by atoms with Crippen molar-refractivity contribution in [3.05, 3.63) is 28.3 Å². The molecule has 0 unspecified atom stereocenters. The van der Waals surface area contributed by atoms with Gasteiger partial charge in [-0.1, -0.05) is 0 Å². The molecule has 106 valence electrons. The molecule has 0 bridgehead atoms. The number of non-ortho nitro benzene ring substituents is 1. The molecule has 0 aliphatic heterocycles. The van der Waals surface area contributed by atoms with Gasteiger partial charge in [0.25, 0.3) is 5.69 Å². The van der Waals surface area contributed by atoms with E-state index in [-0.39, 0.29) is 18.2 Å². The summed E-state index contributed by atoms with van der Waals surface area (Å²) in [7, 11) is 1.32. The molecule has 1 heterocycles. The molecule has 2 rings (SSSR count). The minimum absolute atomic E-state index is 0.0104. The van der Waals surface area contributed by atoms with Crippen LogP contribution >= 0.6 is 0 Å². The fourth-order valence-corrected chi connectivity index (χ4v) is 1.80. The number of H-pyrrole nitrogens is 1. The van der Waals surface area contributed by atoms with Crippen LogP contribution < -0.4 is 4.90 Å². The first-order valence-electron chi connectivity index (χ1n) is 6.01. The second kappa shape index (κ2) is 5.55. The summed E-state index contributed by atoms with van der Waals surface area (Å²) < 4.78 is 4.62. The molecular formula is C12H14N4O4. The van der Waals surface area contributed by atoms with E-state index in [1.54, 1.807) is 11.0 Å². The summed E-state index contributed by atoms with van der Waals surface area (Å²) in [5.74, 6) is 0.103. The van der Waals surface area contributed by atoms with Crippen LogP contribution in [0.2, 0.25) is 0 Å². The van der Waals surface area contributed by atoms with Crippen molar-refractivity contribution in [3.63, 3.8) is 0 Å². The molecule has 0 amide bonds. The molecule has 2 aromatic rings. The van der Waals surface area contributed by atoms with E-state index in [1.165, 1.54) is 19.2 Å². The number of hydrogen-bond acceptors (Lipinski definition) is 6. The van der Waals surface area contributed by atoms with Gasteiger partial charge in [-0.2, -0.15) is 0 Å². The number of methoxy groups -OCH3 is 1. The van der Waals surface area contributed by atoms with Crippen molar-refractivity contribution >= 4 is 28.6 Å². The number of anilines is 1. The number of hydrogen-bond donors (Lipinski definition) is 1. The number of likely N-dealkylation sites (N-methyl/N-ethyl adjacent to an activating group) is 1. The highest BCUT2D eigenvalue weighted by atomic mass is 16.6. The lowest BCUT2D eigenvalue weighted by Gasteiger charge is -2.17. The number of ether oxygens (including phenoxy) is 1. The van der Waals surface area contributed by atoms with E-state index in [0.717, 1.165) is 0 Å². The van der Waals surface area contributed by atoms with Crippen LogP contribution in [-0.2, 0) is 9.53 Å². The van der Waals surface area contributed by atoms with E-state index in [4.69, 9.17) is 0 Å². The number of nitro benzene ring substituents is 1. The largest absolute Gasteiger partial charge is 0.468 e. The van der Waals surface area contributed by atoms with E-state index >= 15 is 0 Å². The van der Waals surface area contributed by atoms with Crippen LogP contribution in [0.1, 0.15) is 6.92 Å². The summed E-state index contributed by atoms with van der Waals surface area (Å²) in [5.41, 5.74) is 1.15. The summed E-state index contributed by atoms with van der Waals surface area (Å²) in [4.78, 5) is 30.6. The first kappa shape index (κ1) is 13.8. The van der Waals surface area contributed by atoms with Gasteiger partial charge in [-0.25, -0.2) is 4.98 Å². The Hall–Kier alpha value is -2.64. The van der Waals surface area contributed by atoms with Gasteiger partial charge in [-0.15, -0.1) is 0 Å². The predicted molar refractivity (Wildman–Crippen MR) is 72.7 cm³/mol. The Morgan fingerprint density at radius 2 is 2.30 bits per heavy atom. The van der Waals surface area contributed by atoms with Crippen molar-refractivity contribution in [2.24, 2.45) is 0 Å². The molecule has 1 aromatic heterocycles. The molecule has 8 heteroatoms. The van der Waals surface area contributed by atoms with Crippen molar-refractivity contribution in [2.45, 2.75) is 6.92 Å². The number of carbonyl (C=O) groups excluding carboxylic acids is 1. The highest BCUT2D eigenvalue weighted by molar-refractivity contribution is 5.81. The molecule has 1 aromatic carbocycles.